The molecule has 0 radical (unpaired) electrons. The third-order valence-corrected chi connectivity index (χ3v) is 6.12. The molecular weight excluding hydrogens is 344 g/mol. The minimum atomic E-state index is -3.80. The van der Waals surface area contributed by atoms with Gasteiger partial charge in [0, 0.05) is 17.8 Å². The van der Waals surface area contributed by atoms with E-state index < -0.39 is 31.8 Å². The highest BCUT2D eigenvalue weighted by Gasteiger charge is 2.46. The van der Waals surface area contributed by atoms with Gasteiger partial charge in [0.2, 0.25) is 5.91 Å². The van der Waals surface area contributed by atoms with Gasteiger partial charge >= 0.3 is 0 Å². The number of anilines is 1. The third-order valence-electron chi connectivity index (χ3n) is 4.30. The first-order chi connectivity index (χ1) is 11.7. The number of nitrogens with zero attached hydrogens (tertiary/aromatic N) is 2. The lowest BCUT2D eigenvalue weighted by molar-refractivity contribution is -0.384. The molecule has 2 aromatic rings. The molecule has 1 amide bonds. The van der Waals surface area contributed by atoms with E-state index in [9.17, 15) is 23.3 Å². The SMILES string of the molecule is Cc1ccc(N2C(=O)CS(=O)(=O)C2c2cccc([N+](=O)[O-])c2)cc1C. The molecule has 1 heterocycles. The van der Waals surface area contributed by atoms with Crippen molar-refractivity contribution in [3.05, 3.63) is 69.3 Å². The zero-order valence-electron chi connectivity index (χ0n) is 13.7. The number of nitro benzene ring substituents is 1. The van der Waals surface area contributed by atoms with Gasteiger partial charge in [-0.15, -0.1) is 0 Å². The number of non-ortho nitro benzene ring substituents is 1. The van der Waals surface area contributed by atoms with E-state index in [1.807, 2.05) is 19.9 Å². The highest BCUT2D eigenvalue weighted by Crippen LogP contribution is 2.38. The maximum absolute atomic E-state index is 12.6. The molecule has 1 saturated heterocycles. The highest BCUT2D eigenvalue weighted by molar-refractivity contribution is 7.93. The van der Waals surface area contributed by atoms with Crippen molar-refractivity contribution in [2.75, 3.05) is 10.7 Å². The van der Waals surface area contributed by atoms with Crippen molar-refractivity contribution in [3.63, 3.8) is 0 Å². The summed E-state index contributed by atoms with van der Waals surface area (Å²) in [7, 11) is -3.80. The molecule has 1 unspecified atom stereocenters. The second-order valence-corrected chi connectivity index (χ2v) is 8.10. The fourth-order valence-corrected chi connectivity index (χ4v) is 4.68. The largest absolute Gasteiger partial charge is 0.290 e. The average Bonchev–Trinajstić information content (AvgIpc) is 2.79. The summed E-state index contributed by atoms with van der Waals surface area (Å²) in [5.74, 6) is -1.16. The monoisotopic (exact) mass is 360 g/mol. The quantitative estimate of drug-likeness (QED) is 0.619. The fourth-order valence-electron chi connectivity index (χ4n) is 2.92. The summed E-state index contributed by atoms with van der Waals surface area (Å²) in [4.78, 5) is 24.0. The van der Waals surface area contributed by atoms with Gasteiger partial charge in [-0.1, -0.05) is 18.2 Å². The minimum Gasteiger partial charge on any atom is -0.290 e. The molecule has 1 aliphatic rings. The van der Waals surface area contributed by atoms with Crippen LogP contribution in [0, 0.1) is 24.0 Å². The second kappa shape index (κ2) is 5.96. The molecule has 3 rings (SSSR count). The van der Waals surface area contributed by atoms with Gasteiger partial charge in [0.1, 0.15) is 5.75 Å². The second-order valence-electron chi connectivity index (χ2n) is 6.04. The van der Waals surface area contributed by atoms with Gasteiger partial charge < -0.3 is 0 Å². The van der Waals surface area contributed by atoms with Gasteiger partial charge in [-0.3, -0.25) is 19.8 Å². The topological polar surface area (TPSA) is 97.6 Å². The first kappa shape index (κ1) is 17.1. The number of hydrogen-bond acceptors (Lipinski definition) is 5. The van der Waals surface area contributed by atoms with Gasteiger partial charge in [-0.2, -0.15) is 0 Å². The molecule has 7 nitrogen and oxygen atoms in total. The molecule has 0 aromatic heterocycles. The zero-order chi connectivity index (χ0) is 18.4. The van der Waals surface area contributed by atoms with Crippen LogP contribution in [-0.4, -0.2) is 25.0 Å². The number of rotatable bonds is 3. The Morgan fingerprint density at radius 3 is 2.48 bits per heavy atom. The summed E-state index contributed by atoms with van der Waals surface area (Å²) in [6.07, 6.45) is 0. The van der Waals surface area contributed by atoms with Crippen LogP contribution in [0.25, 0.3) is 0 Å². The summed E-state index contributed by atoms with van der Waals surface area (Å²) in [6.45, 7) is 3.79. The Hall–Kier alpha value is -2.74. The molecule has 1 fully saturated rings. The van der Waals surface area contributed by atoms with Gasteiger partial charge in [0.05, 0.1) is 4.92 Å². The summed E-state index contributed by atoms with van der Waals surface area (Å²) in [5, 5.41) is 9.74. The Bertz CT molecular complexity index is 984. The van der Waals surface area contributed by atoms with Crippen LogP contribution in [0.3, 0.4) is 0 Å². The van der Waals surface area contributed by atoms with Gasteiger partial charge in [-0.05, 0) is 42.7 Å². The maximum Gasteiger partial charge on any atom is 0.269 e. The fraction of sp³-hybridized carbons (Fsp3) is 0.235. The molecule has 0 saturated carbocycles. The van der Waals surface area contributed by atoms with Crippen molar-refractivity contribution in [2.45, 2.75) is 19.2 Å². The predicted molar refractivity (Wildman–Crippen MR) is 93.0 cm³/mol. The van der Waals surface area contributed by atoms with Crippen LogP contribution in [-0.2, 0) is 14.6 Å². The number of sulfone groups is 1. The number of amides is 1. The van der Waals surface area contributed by atoms with Gasteiger partial charge in [0.15, 0.2) is 15.2 Å². The summed E-state index contributed by atoms with van der Waals surface area (Å²) in [5.41, 5.74) is 2.40. The third kappa shape index (κ3) is 3.00. The van der Waals surface area contributed by atoms with E-state index in [-0.39, 0.29) is 11.3 Å². The van der Waals surface area contributed by atoms with Crippen molar-refractivity contribution < 1.29 is 18.1 Å². The molecule has 8 heteroatoms. The highest BCUT2D eigenvalue weighted by atomic mass is 32.2. The van der Waals surface area contributed by atoms with Crippen LogP contribution in [0.15, 0.2) is 42.5 Å². The number of carbonyl (C=O) groups excluding carboxylic acids is 1. The van der Waals surface area contributed by atoms with E-state index in [1.165, 1.54) is 29.2 Å². The van der Waals surface area contributed by atoms with Crippen LogP contribution in [0.4, 0.5) is 11.4 Å². The summed E-state index contributed by atoms with van der Waals surface area (Å²) >= 11 is 0. The first-order valence-corrected chi connectivity index (χ1v) is 9.27. The molecule has 2 aromatic carbocycles. The number of aryl methyl sites for hydroxylation is 2. The van der Waals surface area contributed by atoms with E-state index in [0.717, 1.165) is 11.1 Å². The Kier molecular flexibility index (Phi) is 4.08. The molecule has 130 valence electrons. The minimum absolute atomic E-state index is 0.207. The number of carbonyl (C=O) groups is 1. The lowest BCUT2D eigenvalue weighted by Crippen LogP contribution is -2.29. The van der Waals surface area contributed by atoms with Crippen molar-refractivity contribution >= 4 is 27.1 Å². The normalized spacial score (nSPS) is 19.2. The predicted octanol–water partition coefficient (Wildman–Crippen LogP) is 2.67. The summed E-state index contributed by atoms with van der Waals surface area (Å²) in [6, 6.07) is 10.6. The zero-order valence-corrected chi connectivity index (χ0v) is 14.5. The molecule has 0 N–H and O–H groups in total. The van der Waals surface area contributed by atoms with Crippen molar-refractivity contribution in [3.8, 4) is 0 Å². The number of hydrogen-bond donors (Lipinski definition) is 0. The Morgan fingerprint density at radius 1 is 1.12 bits per heavy atom. The van der Waals surface area contributed by atoms with Crippen molar-refractivity contribution in [1.82, 2.24) is 0 Å². The van der Waals surface area contributed by atoms with Gasteiger partial charge in [0.25, 0.3) is 5.69 Å². The first-order valence-electron chi connectivity index (χ1n) is 7.56. The van der Waals surface area contributed by atoms with Gasteiger partial charge in [-0.25, -0.2) is 8.42 Å². The molecule has 1 aliphatic heterocycles. The van der Waals surface area contributed by atoms with Crippen LogP contribution < -0.4 is 4.90 Å². The maximum atomic E-state index is 12.6. The molecule has 1 atom stereocenters. The standard InChI is InChI=1S/C17H16N2O5S/c1-11-6-7-14(8-12(11)2)18-16(20)10-25(23,24)17(18)13-4-3-5-15(9-13)19(21)22/h3-9,17H,10H2,1-2H3. The van der Waals surface area contributed by atoms with E-state index in [0.29, 0.717) is 5.69 Å². The molecule has 0 bridgehead atoms. The van der Waals surface area contributed by atoms with E-state index in [2.05, 4.69) is 0 Å². The average molecular weight is 360 g/mol. The Balaban J connectivity index is 2.16. The molecule has 25 heavy (non-hydrogen) atoms. The smallest absolute Gasteiger partial charge is 0.269 e. The Labute approximate surface area is 145 Å². The van der Waals surface area contributed by atoms with E-state index in [4.69, 9.17) is 0 Å². The van der Waals surface area contributed by atoms with E-state index in [1.54, 1.807) is 12.1 Å². The van der Waals surface area contributed by atoms with Crippen LogP contribution >= 0.6 is 0 Å². The Morgan fingerprint density at radius 2 is 1.84 bits per heavy atom. The van der Waals surface area contributed by atoms with Crippen LogP contribution in [0.5, 0.6) is 0 Å². The summed E-state index contributed by atoms with van der Waals surface area (Å²) < 4.78 is 25.1. The molecule has 0 aliphatic carbocycles. The number of nitro groups is 1. The van der Waals surface area contributed by atoms with E-state index >= 15 is 0 Å². The number of benzene rings is 2. The lowest BCUT2D eigenvalue weighted by Gasteiger charge is -2.24. The van der Waals surface area contributed by atoms with Crippen molar-refractivity contribution in [1.29, 1.82) is 0 Å². The van der Waals surface area contributed by atoms with Crippen LogP contribution in [0.2, 0.25) is 0 Å². The lowest BCUT2D eigenvalue weighted by atomic mass is 10.1. The molecular formula is C17H16N2O5S. The van der Waals surface area contributed by atoms with Crippen LogP contribution in [0.1, 0.15) is 22.1 Å². The molecule has 0 spiro atoms. The van der Waals surface area contributed by atoms with Crippen molar-refractivity contribution in [2.24, 2.45) is 0 Å².